The van der Waals surface area contributed by atoms with Crippen LogP contribution < -0.4 is 5.19 Å². The lowest BCUT2D eigenvalue weighted by Crippen LogP contribution is -2.45. The predicted octanol–water partition coefficient (Wildman–Crippen LogP) is 5.36. The molecule has 1 rings (SSSR count). The van der Waals surface area contributed by atoms with Crippen molar-refractivity contribution in [1.82, 2.24) is 0 Å². The highest BCUT2D eigenvalue weighted by Gasteiger charge is 2.25. The van der Waals surface area contributed by atoms with Crippen LogP contribution in [0.1, 0.15) is 59.3 Å². The lowest BCUT2D eigenvalue weighted by molar-refractivity contribution is 0.844. The van der Waals surface area contributed by atoms with E-state index in [1.807, 2.05) is 0 Å². The number of rotatable bonds is 11. The first-order valence-corrected chi connectivity index (χ1v) is 13.2. The second kappa shape index (κ2) is 11.3. The minimum absolute atomic E-state index is 0.131. The van der Waals surface area contributed by atoms with Crippen molar-refractivity contribution in [3.8, 4) is 0 Å². The van der Waals surface area contributed by atoms with Crippen molar-refractivity contribution in [2.24, 2.45) is 0 Å². The van der Waals surface area contributed by atoms with Crippen molar-refractivity contribution in [2.45, 2.75) is 77.4 Å². The van der Waals surface area contributed by atoms with E-state index in [2.05, 4.69) is 51.1 Å². The number of unbranched alkanes of at least 4 members (excludes halogenated alkanes) is 3. The van der Waals surface area contributed by atoms with Crippen LogP contribution in [0, 0.1) is 0 Å². The molecule has 0 saturated carbocycles. The van der Waals surface area contributed by atoms with Crippen molar-refractivity contribution in [3.63, 3.8) is 0 Å². The molecule has 1 aromatic rings. The van der Waals surface area contributed by atoms with Crippen LogP contribution in [0.3, 0.4) is 0 Å². The summed E-state index contributed by atoms with van der Waals surface area (Å²) in [5, 5.41) is 1.73. The Hall–Kier alpha value is -0.346. The maximum Gasteiger partial charge on any atom is 0.0748 e. The summed E-state index contributed by atoms with van der Waals surface area (Å²) in [6.07, 6.45) is 8.47. The molecular formula is C18H32Si2. The van der Waals surface area contributed by atoms with Crippen molar-refractivity contribution in [2.75, 3.05) is 0 Å². The molecule has 0 spiro atoms. The maximum absolute atomic E-state index is 2.42. The molecular weight excluding hydrogens is 272 g/mol. The number of hydrogen-bond donors (Lipinski definition) is 0. The van der Waals surface area contributed by atoms with Crippen LogP contribution in [0.4, 0.5) is 0 Å². The van der Waals surface area contributed by atoms with Crippen molar-refractivity contribution >= 4 is 21.8 Å². The molecule has 0 nitrogen and oxygen atoms in total. The summed E-state index contributed by atoms with van der Waals surface area (Å²) in [6.45, 7) is 7.04. The highest BCUT2D eigenvalue weighted by molar-refractivity contribution is 7.28. The van der Waals surface area contributed by atoms with Gasteiger partial charge in [0.2, 0.25) is 0 Å². The lowest BCUT2D eigenvalue weighted by Gasteiger charge is -2.25. The molecule has 0 unspecified atom stereocenters. The average Bonchev–Trinajstić information content (AvgIpc) is 2.50. The maximum atomic E-state index is 2.42. The molecule has 0 aliphatic rings. The number of hydrogen-bond acceptors (Lipinski definition) is 0. The van der Waals surface area contributed by atoms with Gasteiger partial charge >= 0.3 is 0 Å². The van der Waals surface area contributed by atoms with Crippen LogP contribution in [0.15, 0.2) is 30.3 Å². The van der Waals surface area contributed by atoms with Gasteiger partial charge in [0.15, 0.2) is 0 Å². The highest BCUT2D eigenvalue weighted by atomic mass is 29.2. The molecule has 0 heterocycles. The van der Waals surface area contributed by atoms with Gasteiger partial charge in [-0.25, -0.2) is 0 Å². The van der Waals surface area contributed by atoms with E-state index in [1.54, 1.807) is 17.3 Å². The molecule has 0 aliphatic heterocycles. The van der Waals surface area contributed by atoms with Crippen LogP contribution in [0.2, 0.25) is 18.1 Å². The van der Waals surface area contributed by atoms with Gasteiger partial charge < -0.3 is 0 Å². The monoisotopic (exact) mass is 304 g/mol. The molecule has 1 aromatic carbocycles. The zero-order chi connectivity index (χ0) is 14.6. The van der Waals surface area contributed by atoms with Gasteiger partial charge in [0.25, 0.3) is 0 Å². The summed E-state index contributed by atoms with van der Waals surface area (Å²) < 4.78 is 0. The third-order valence-electron chi connectivity index (χ3n) is 3.99. The first-order valence-electron chi connectivity index (χ1n) is 8.59. The predicted molar refractivity (Wildman–Crippen MR) is 96.7 cm³/mol. The normalized spacial score (nSPS) is 11.4. The SMILES string of the molecule is CCCC[Si](CCCC)[Si](CCCC)c1ccccc1. The minimum atomic E-state index is -0.266. The van der Waals surface area contributed by atoms with Gasteiger partial charge in [0, 0.05) is 8.31 Å². The summed E-state index contributed by atoms with van der Waals surface area (Å²) >= 11 is 0. The molecule has 0 N–H and O–H groups in total. The smallest absolute Gasteiger partial charge is 0.0654 e. The fourth-order valence-electron chi connectivity index (χ4n) is 2.73. The molecule has 0 aromatic heterocycles. The molecule has 2 radical (unpaired) electrons. The molecule has 0 amide bonds. The third kappa shape index (κ3) is 6.40. The lowest BCUT2D eigenvalue weighted by atomic mass is 10.4. The Morgan fingerprint density at radius 2 is 1.20 bits per heavy atom. The van der Waals surface area contributed by atoms with Crippen LogP contribution in [-0.2, 0) is 0 Å². The highest BCUT2D eigenvalue weighted by Crippen LogP contribution is 2.17. The van der Waals surface area contributed by atoms with E-state index < -0.39 is 0 Å². The quantitative estimate of drug-likeness (QED) is 0.483. The van der Waals surface area contributed by atoms with E-state index in [-0.39, 0.29) is 16.6 Å². The van der Waals surface area contributed by atoms with Crippen molar-refractivity contribution in [3.05, 3.63) is 30.3 Å². The zero-order valence-electron chi connectivity index (χ0n) is 13.8. The summed E-state index contributed by atoms with van der Waals surface area (Å²) in [5.41, 5.74) is 0. The van der Waals surface area contributed by atoms with E-state index in [0.717, 1.165) is 0 Å². The summed E-state index contributed by atoms with van der Waals surface area (Å²) in [7, 11) is -0.397. The average molecular weight is 305 g/mol. The van der Waals surface area contributed by atoms with E-state index in [1.165, 1.54) is 44.6 Å². The molecule has 0 aliphatic carbocycles. The topological polar surface area (TPSA) is 0 Å². The van der Waals surface area contributed by atoms with Crippen LogP contribution in [-0.4, -0.2) is 16.6 Å². The Morgan fingerprint density at radius 1 is 0.700 bits per heavy atom. The standard InChI is InChI=1S/C18H32Si2/c1-4-7-15-19(16-8-5-2)20(17-9-6-3)18-13-11-10-12-14-18/h10-14H,4-9,15-17H2,1-3H3. The molecule has 2 heteroatoms. The second-order valence-corrected chi connectivity index (χ2v) is 13.9. The van der Waals surface area contributed by atoms with E-state index in [4.69, 9.17) is 0 Å². The van der Waals surface area contributed by atoms with Gasteiger partial charge in [-0.1, -0.05) is 113 Å². The second-order valence-electron chi connectivity index (χ2n) is 5.76. The van der Waals surface area contributed by atoms with Crippen molar-refractivity contribution in [1.29, 1.82) is 0 Å². The third-order valence-corrected chi connectivity index (χ3v) is 14.3. The molecule has 0 bridgehead atoms. The van der Waals surface area contributed by atoms with Gasteiger partial charge in [-0.05, 0) is 0 Å². The van der Waals surface area contributed by atoms with Crippen LogP contribution >= 0.6 is 0 Å². The molecule has 20 heavy (non-hydrogen) atoms. The Bertz CT molecular complexity index is 315. The molecule has 112 valence electrons. The largest absolute Gasteiger partial charge is 0.0748 e. The van der Waals surface area contributed by atoms with Gasteiger partial charge in [0.05, 0.1) is 8.31 Å². The van der Waals surface area contributed by atoms with Crippen molar-refractivity contribution < 1.29 is 0 Å². The van der Waals surface area contributed by atoms with Gasteiger partial charge in [-0.2, -0.15) is 0 Å². The minimum Gasteiger partial charge on any atom is -0.0654 e. The first-order chi connectivity index (χ1) is 9.83. The fraction of sp³-hybridized carbons (Fsp3) is 0.667. The van der Waals surface area contributed by atoms with Gasteiger partial charge in [0.1, 0.15) is 0 Å². The number of benzene rings is 1. The van der Waals surface area contributed by atoms with Gasteiger partial charge in [-0.3, -0.25) is 0 Å². The molecule has 0 saturated heterocycles. The fourth-order valence-corrected chi connectivity index (χ4v) is 13.7. The van der Waals surface area contributed by atoms with E-state index in [9.17, 15) is 0 Å². The molecule has 0 fully saturated rings. The van der Waals surface area contributed by atoms with E-state index >= 15 is 0 Å². The van der Waals surface area contributed by atoms with Crippen LogP contribution in [0.25, 0.3) is 0 Å². The summed E-state index contributed by atoms with van der Waals surface area (Å²) in [4.78, 5) is 0. The molecule has 0 atom stereocenters. The van der Waals surface area contributed by atoms with E-state index in [0.29, 0.717) is 0 Å². The Kier molecular flexibility index (Phi) is 10.0. The first kappa shape index (κ1) is 17.7. The van der Waals surface area contributed by atoms with Crippen LogP contribution in [0.5, 0.6) is 0 Å². The Morgan fingerprint density at radius 3 is 1.70 bits per heavy atom. The summed E-state index contributed by atoms with van der Waals surface area (Å²) in [5.74, 6) is 0. The Balaban J connectivity index is 2.79. The van der Waals surface area contributed by atoms with Gasteiger partial charge in [-0.15, -0.1) is 0 Å². The zero-order valence-corrected chi connectivity index (χ0v) is 15.8. The summed E-state index contributed by atoms with van der Waals surface area (Å²) in [6, 6.07) is 16.2. The Labute approximate surface area is 130 Å².